The molecule has 15 heteroatoms. The fourth-order valence-electron chi connectivity index (χ4n) is 8.67. The van der Waals surface area contributed by atoms with E-state index in [4.69, 9.17) is 20.2 Å². The summed E-state index contributed by atoms with van der Waals surface area (Å²) in [5.41, 5.74) is 6.60. The van der Waals surface area contributed by atoms with Crippen LogP contribution in [0.4, 0.5) is 28.4 Å². The number of nitriles is 1. The number of halogens is 4. The fourth-order valence-corrected chi connectivity index (χ4v) is 9.59. The molecule has 1 aromatic carbocycles. The third-order valence-corrected chi connectivity index (χ3v) is 11.7. The van der Waals surface area contributed by atoms with Crippen molar-refractivity contribution in [2.24, 2.45) is 0 Å². The SMILES string of the molecule is N#Cc1c(N)sc2c(F)cnc(-c3c4c(c5c(N6C7CCC6CNC7)nc(OCC67CCCN6CC(F)(F)C7)nc5c3F)COC4)c12. The molecule has 0 saturated carbocycles. The first-order valence-electron chi connectivity index (χ1n) is 15.8. The number of hydrogen-bond acceptors (Lipinski definition) is 11. The van der Waals surface area contributed by atoms with Crippen LogP contribution in [-0.2, 0) is 18.0 Å². The molecule has 8 heterocycles. The van der Waals surface area contributed by atoms with Crippen molar-refractivity contribution in [2.45, 2.75) is 68.9 Å². The number of thiophene rings is 1. The van der Waals surface area contributed by atoms with E-state index in [1.807, 2.05) is 6.07 Å². The number of nitrogens with two attached hydrogens (primary N) is 1. The van der Waals surface area contributed by atoms with Crippen molar-refractivity contribution < 1.29 is 27.0 Å². The number of nitrogen functional groups attached to an aromatic ring is 1. The zero-order valence-corrected chi connectivity index (χ0v) is 26.0. The lowest BCUT2D eigenvalue weighted by molar-refractivity contribution is 0.00803. The van der Waals surface area contributed by atoms with Crippen LogP contribution in [0, 0.1) is 23.0 Å². The number of piperazine rings is 1. The summed E-state index contributed by atoms with van der Waals surface area (Å²) in [6.45, 7) is 1.89. The Labute approximate surface area is 270 Å². The molecule has 0 spiro atoms. The van der Waals surface area contributed by atoms with Gasteiger partial charge in [0.1, 0.15) is 29.0 Å². The second kappa shape index (κ2) is 10.3. The van der Waals surface area contributed by atoms with Crippen LogP contribution in [-0.4, -0.2) is 76.2 Å². The molecule has 10 nitrogen and oxygen atoms in total. The topological polar surface area (TPSA) is 125 Å². The molecule has 0 aliphatic carbocycles. The minimum absolute atomic E-state index is 0.0256. The van der Waals surface area contributed by atoms with E-state index < -0.39 is 23.1 Å². The summed E-state index contributed by atoms with van der Waals surface area (Å²) in [6, 6.07) is 2.17. The Kier molecular flexibility index (Phi) is 6.44. The summed E-state index contributed by atoms with van der Waals surface area (Å²) in [7, 11) is 0. The maximum absolute atomic E-state index is 17.3. The minimum atomic E-state index is -2.82. The maximum atomic E-state index is 17.3. The van der Waals surface area contributed by atoms with Gasteiger partial charge in [0.05, 0.1) is 52.8 Å². The van der Waals surface area contributed by atoms with Gasteiger partial charge in [0.25, 0.3) is 5.92 Å². The Morgan fingerprint density at radius 2 is 1.94 bits per heavy atom. The van der Waals surface area contributed by atoms with Gasteiger partial charge >= 0.3 is 6.01 Å². The number of benzene rings is 1. The van der Waals surface area contributed by atoms with Crippen molar-refractivity contribution >= 4 is 43.1 Å². The minimum Gasteiger partial charge on any atom is -0.461 e. The zero-order valence-electron chi connectivity index (χ0n) is 25.2. The molecule has 3 atom stereocenters. The summed E-state index contributed by atoms with van der Waals surface area (Å²) in [5.74, 6) is -3.69. The summed E-state index contributed by atoms with van der Waals surface area (Å²) in [5, 5.41) is 14.1. The van der Waals surface area contributed by atoms with E-state index in [9.17, 15) is 18.4 Å². The van der Waals surface area contributed by atoms with Gasteiger partial charge in [-0.05, 0) is 43.4 Å². The second-order valence-corrected chi connectivity index (χ2v) is 14.4. The standard InChI is InChI=1S/C32H30F4N8O2S/c33-20-9-40-25(22-17(6-37)28(38)47-27(20)22)21-18-10-45-11-19(18)23-26(24(21)34)41-30(42-29(23)44-15-2-3-16(44)8-39-7-15)46-14-31-4-1-5-43(31)13-32(35,36)12-31/h9,15-16,39H,1-5,7-8,10-14,38H2. The molecule has 3 unspecified atom stereocenters. The molecule has 0 radical (unpaired) electrons. The molecule has 244 valence electrons. The number of nitrogens with one attached hydrogen (secondary N) is 1. The summed E-state index contributed by atoms with van der Waals surface area (Å²) < 4.78 is 73.6. The van der Waals surface area contributed by atoms with Gasteiger partial charge in [-0.15, -0.1) is 11.3 Å². The van der Waals surface area contributed by atoms with Gasteiger partial charge in [-0.2, -0.15) is 15.2 Å². The number of anilines is 2. The van der Waals surface area contributed by atoms with Crippen LogP contribution in [0.5, 0.6) is 6.01 Å². The molecule has 2 bridgehead atoms. The van der Waals surface area contributed by atoms with Crippen molar-refractivity contribution in [3.63, 3.8) is 0 Å². The van der Waals surface area contributed by atoms with Crippen LogP contribution in [0.25, 0.3) is 32.2 Å². The molecule has 0 amide bonds. The highest BCUT2D eigenvalue weighted by Gasteiger charge is 2.57. The van der Waals surface area contributed by atoms with Crippen molar-refractivity contribution in [3.8, 4) is 23.3 Å². The Hall–Kier alpha value is -3.84. The number of aromatic nitrogens is 3. The Morgan fingerprint density at radius 1 is 1.15 bits per heavy atom. The van der Waals surface area contributed by atoms with Gasteiger partial charge in [0, 0.05) is 42.5 Å². The van der Waals surface area contributed by atoms with E-state index in [2.05, 4.69) is 20.2 Å². The molecular weight excluding hydrogens is 636 g/mol. The first kappa shape index (κ1) is 29.3. The third kappa shape index (κ3) is 4.27. The van der Waals surface area contributed by atoms with E-state index >= 15 is 4.39 Å². The van der Waals surface area contributed by atoms with Crippen LogP contribution < -0.4 is 20.7 Å². The van der Waals surface area contributed by atoms with Crippen molar-refractivity contribution in [3.05, 3.63) is 34.5 Å². The van der Waals surface area contributed by atoms with E-state index in [1.54, 1.807) is 4.90 Å². The predicted octanol–water partition coefficient (Wildman–Crippen LogP) is 4.86. The zero-order chi connectivity index (χ0) is 32.2. The molecule has 47 heavy (non-hydrogen) atoms. The highest BCUT2D eigenvalue weighted by atomic mass is 32.1. The number of nitrogens with zero attached hydrogens (tertiary/aromatic N) is 6. The lowest BCUT2D eigenvalue weighted by atomic mass is 9.93. The van der Waals surface area contributed by atoms with Crippen LogP contribution in [0.3, 0.4) is 0 Å². The number of fused-ring (bicyclic) bond motifs is 7. The van der Waals surface area contributed by atoms with Crippen molar-refractivity contribution in [1.82, 2.24) is 25.2 Å². The highest BCUT2D eigenvalue weighted by molar-refractivity contribution is 7.23. The van der Waals surface area contributed by atoms with E-state index in [0.29, 0.717) is 35.3 Å². The third-order valence-electron chi connectivity index (χ3n) is 10.6. The number of rotatable bonds is 5. The number of pyridine rings is 1. The van der Waals surface area contributed by atoms with Gasteiger partial charge in [0.15, 0.2) is 11.6 Å². The Balaban J connectivity index is 1.26. The van der Waals surface area contributed by atoms with Crippen molar-refractivity contribution in [2.75, 3.05) is 43.4 Å². The second-order valence-electron chi connectivity index (χ2n) is 13.3. The molecule has 4 aromatic rings. The van der Waals surface area contributed by atoms with E-state index in [1.165, 1.54) is 0 Å². The number of alkyl halides is 2. The normalized spacial score (nSPS) is 26.3. The van der Waals surface area contributed by atoms with Gasteiger partial charge in [-0.1, -0.05) is 0 Å². The summed E-state index contributed by atoms with van der Waals surface area (Å²) >= 11 is 0.909. The highest BCUT2D eigenvalue weighted by Crippen LogP contribution is 2.49. The maximum Gasteiger partial charge on any atom is 0.319 e. The molecule has 5 aliphatic rings. The average Bonchev–Trinajstić information content (AvgIpc) is 3.84. The summed E-state index contributed by atoms with van der Waals surface area (Å²) in [4.78, 5) is 17.8. The molecule has 3 aromatic heterocycles. The van der Waals surface area contributed by atoms with Crippen LogP contribution in [0.2, 0.25) is 0 Å². The monoisotopic (exact) mass is 666 g/mol. The van der Waals surface area contributed by atoms with Gasteiger partial charge in [-0.3, -0.25) is 9.88 Å². The predicted molar refractivity (Wildman–Crippen MR) is 166 cm³/mol. The molecule has 4 fully saturated rings. The van der Waals surface area contributed by atoms with E-state index in [0.717, 1.165) is 49.9 Å². The van der Waals surface area contributed by atoms with Gasteiger partial charge in [-0.25, -0.2) is 17.6 Å². The van der Waals surface area contributed by atoms with Crippen molar-refractivity contribution in [1.29, 1.82) is 5.26 Å². The first-order valence-corrected chi connectivity index (χ1v) is 16.6. The fraction of sp³-hybridized carbons (Fsp3) is 0.500. The lowest BCUT2D eigenvalue weighted by Gasteiger charge is -2.37. The van der Waals surface area contributed by atoms with Crippen LogP contribution >= 0.6 is 11.3 Å². The molecule has 3 N–H and O–H groups in total. The van der Waals surface area contributed by atoms with Gasteiger partial charge in [0.2, 0.25) is 0 Å². The Bertz CT molecular complexity index is 2020. The van der Waals surface area contributed by atoms with Crippen LogP contribution in [0.15, 0.2) is 6.20 Å². The quantitative estimate of drug-likeness (QED) is 0.285. The van der Waals surface area contributed by atoms with Gasteiger partial charge < -0.3 is 25.4 Å². The first-order chi connectivity index (χ1) is 22.7. The Morgan fingerprint density at radius 3 is 2.72 bits per heavy atom. The molecule has 5 aliphatic heterocycles. The summed E-state index contributed by atoms with van der Waals surface area (Å²) in [6.07, 6.45) is 3.89. The number of hydrogen-bond donors (Lipinski definition) is 2. The average molecular weight is 667 g/mol. The van der Waals surface area contributed by atoms with Crippen LogP contribution in [0.1, 0.15) is 48.8 Å². The molecule has 9 rings (SSSR count). The molecular formula is C32H30F4N8O2S. The smallest absolute Gasteiger partial charge is 0.319 e. The lowest BCUT2D eigenvalue weighted by Crippen LogP contribution is -2.52. The largest absolute Gasteiger partial charge is 0.461 e. The molecule has 4 saturated heterocycles. The number of ether oxygens (including phenoxy) is 2. The van der Waals surface area contributed by atoms with E-state index in [-0.39, 0.29) is 88.3 Å².